The Bertz CT molecular complexity index is 438. The van der Waals surface area contributed by atoms with Crippen molar-refractivity contribution in [3.05, 3.63) is 34.4 Å². The van der Waals surface area contributed by atoms with Gasteiger partial charge in [0.15, 0.2) is 0 Å². The molecule has 0 unspecified atom stereocenters. The lowest BCUT2D eigenvalue weighted by Crippen LogP contribution is -2.00. The van der Waals surface area contributed by atoms with Gasteiger partial charge in [-0.25, -0.2) is 0 Å². The fourth-order valence-electron chi connectivity index (χ4n) is 2.18. The van der Waals surface area contributed by atoms with Crippen molar-refractivity contribution in [2.75, 3.05) is 7.11 Å². The molecule has 1 aromatic rings. The Morgan fingerprint density at radius 1 is 1.29 bits per heavy atom. The molecule has 0 aliphatic heterocycles. The summed E-state index contributed by atoms with van der Waals surface area (Å²) < 4.78 is 5.17. The summed E-state index contributed by atoms with van der Waals surface area (Å²) in [5.41, 5.74) is 2.14. The van der Waals surface area contributed by atoms with Gasteiger partial charge in [0.2, 0.25) is 0 Å². The van der Waals surface area contributed by atoms with Crippen molar-refractivity contribution >= 4 is 11.6 Å². The quantitative estimate of drug-likeness (QED) is 0.881. The van der Waals surface area contributed by atoms with Gasteiger partial charge in [-0.15, -0.1) is 0 Å². The first-order valence-electron chi connectivity index (χ1n) is 5.93. The zero-order valence-corrected chi connectivity index (χ0v) is 10.8. The van der Waals surface area contributed by atoms with E-state index >= 15 is 0 Å². The highest BCUT2D eigenvalue weighted by molar-refractivity contribution is 6.30. The van der Waals surface area contributed by atoms with Crippen molar-refractivity contribution in [1.29, 1.82) is 0 Å². The molecule has 0 spiro atoms. The first-order chi connectivity index (χ1) is 8.20. The van der Waals surface area contributed by atoms with Crippen LogP contribution in [-0.2, 0) is 6.42 Å². The molecule has 1 N–H and O–H groups in total. The molecule has 1 aliphatic carbocycles. The molecule has 92 valence electrons. The number of methoxy groups -OCH3 is 1. The van der Waals surface area contributed by atoms with E-state index in [1.165, 1.54) is 18.4 Å². The number of allylic oxidation sites excluding steroid dienone is 2. The van der Waals surface area contributed by atoms with E-state index in [1.54, 1.807) is 19.2 Å². The number of hydrogen-bond acceptors (Lipinski definition) is 2. The minimum Gasteiger partial charge on any atom is -0.508 e. The van der Waals surface area contributed by atoms with Crippen LogP contribution >= 0.6 is 11.6 Å². The van der Waals surface area contributed by atoms with Gasteiger partial charge in [-0.3, -0.25) is 0 Å². The van der Waals surface area contributed by atoms with E-state index in [1.807, 2.05) is 6.07 Å². The predicted octanol–water partition coefficient (Wildman–Crippen LogP) is 4.01. The lowest BCUT2D eigenvalue weighted by Gasteiger charge is -2.17. The fourth-order valence-corrected chi connectivity index (χ4v) is 2.47. The molecule has 0 atom stereocenters. The maximum Gasteiger partial charge on any atom is 0.119 e. The number of hydrogen-bond donors (Lipinski definition) is 1. The van der Waals surface area contributed by atoms with Gasteiger partial charge in [0, 0.05) is 10.6 Å². The van der Waals surface area contributed by atoms with Crippen LogP contribution in [0.25, 0.3) is 0 Å². The fraction of sp³-hybridized carbons (Fsp3) is 0.429. The van der Waals surface area contributed by atoms with Gasteiger partial charge >= 0.3 is 0 Å². The standard InChI is InChI=1S/C14H17ClO2/c1-17-12-6-7-14(16)11(9-12)8-10-4-2-3-5-13(10)15/h6-7,9,16H,2-5,8H2,1H3. The van der Waals surface area contributed by atoms with Gasteiger partial charge in [-0.2, -0.15) is 0 Å². The third-order valence-corrected chi connectivity index (χ3v) is 3.66. The first kappa shape index (κ1) is 12.3. The summed E-state index contributed by atoms with van der Waals surface area (Å²) in [6, 6.07) is 5.31. The molecule has 0 aromatic heterocycles. The number of phenolic OH excluding ortho intramolecular Hbond substituents is 1. The minimum absolute atomic E-state index is 0.313. The molecule has 0 fully saturated rings. The number of aromatic hydroxyl groups is 1. The van der Waals surface area contributed by atoms with E-state index in [4.69, 9.17) is 16.3 Å². The highest BCUT2D eigenvalue weighted by Crippen LogP contribution is 2.33. The predicted molar refractivity (Wildman–Crippen MR) is 69.7 cm³/mol. The highest BCUT2D eigenvalue weighted by atomic mass is 35.5. The summed E-state index contributed by atoms with van der Waals surface area (Å²) in [5.74, 6) is 1.08. The van der Waals surface area contributed by atoms with Gasteiger partial charge in [-0.1, -0.05) is 17.2 Å². The Kier molecular flexibility index (Phi) is 3.95. The van der Waals surface area contributed by atoms with Crippen LogP contribution in [0.15, 0.2) is 28.8 Å². The van der Waals surface area contributed by atoms with E-state index in [0.29, 0.717) is 5.75 Å². The van der Waals surface area contributed by atoms with Crippen molar-refractivity contribution < 1.29 is 9.84 Å². The van der Waals surface area contributed by atoms with E-state index in [-0.39, 0.29) is 0 Å². The molecule has 0 bridgehead atoms. The Balaban J connectivity index is 2.23. The molecule has 1 aliphatic rings. The summed E-state index contributed by atoms with van der Waals surface area (Å²) in [6.07, 6.45) is 5.10. The van der Waals surface area contributed by atoms with E-state index in [9.17, 15) is 5.11 Å². The molecule has 0 heterocycles. The first-order valence-corrected chi connectivity index (χ1v) is 6.31. The Hall–Kier alpha value is -1.15. The van der Waals surface area contributed by atoms with Crippen LogP contribution in [0.2, 0.25) is 0 Å². The number of phenols is 1. The Labute approximate surface area is 107 Å². The molecule has 0 radical (unpaired) electrons. The van der Waals surface area contributed by atoms with Gasteiger partial charge in [0.25, 0.3) is 0 Å². The summed E-state index contributed by atoms with van der Waals surface area (Å²) in [6.45, 7) is 0. The molecule has 2 rings (SSSR count). The minimum atomic E-state index is 0.313. The molecule has 3 heteroatoms. The number of benzene rings is 1. The Morgan fingerprint density at radius 2 is 2.06 bits per heavy atom. The molecular formula is C14H17ClO2. The third kappa shape index (κ3) is 2.95. The summed E-state index contributed by atoms with van der Waals surface area (Å²) in [7, 11) is 1.63. The smallest absolute Gasteiger partial charge is 0.119 e. The van der Waals surface area contributed by atoms with Crippen LogP contribution in [0.1, 0.15) is 31.2 Å². The van der Waals surface area contributed by atoms with Gasteiger partial charge in [0.05, 0.1) is 7.11 Å². The van der Waals surface area contributed by atoms with Crippen LogP contribution in [0.4, 0.5) is 0 Å². The zero-order valence-electron chi connectivity index (χ0n) is 10.0. The molecule has 0 saturated carbocycles. The van der Waals surface area contributed by atoms with Gasteiger partial charge in [0.1, 0.15) is 11.5 Å². The van der Waals surface area contributed by atoms with Crippen LogP contribution in [-0.4, -0.2) is 12.2 Å². The summed E-state index contributed by atoms with van der Waals surface area (Å²) in [5, 5.41) is 10.8. The lowest BCUT2D eigenvalue weighted by molar-refractivity contribution is 0.411. The summed E-state index contributed by atoms with van der Waals surface area (Å²) >= 11 is 6.23. The molecule has 2 nitrogen and oxygen atoms in total. The second-order valence-corrected chi connectivity index (χ2v) is 4.84. The number of rotatable bonds is 3. The second-order valence-electron chi connectivity index (χ2n) is 4.39. The van der Waals surface area contributed by atoms with E-state index in [2.05, 4.69) is 0 Å². The molecule has 0 amide bonds. The zero-order chi connectivity index (χ0) is 12.3. The average Bonchev–Trinajstić information content (AvgIpc) is 2.35. The van der Waals surface area contributed by atoms with Crippen LogP contribution in [0.3, 0.4) is 0 Å². The average molecular weight is 253 g/mol. The molecule has 17 heavy (non-hydrogen) atoms. The van der Waals surface area contributed by atoms with Crippen molar-refractivity contribution in [2.24, 2.45) is 0 Å². The van der Waals surface area contributed by atoms with Gasteiger partial charge < -0.3 is 9.84 Å². The number of ether oxygens (including phenoxy) is 1. The monoisotopic (exact) mass is 252 g/mol. The van der Waals surface area contributed by atoms with Gasteiger partial charge in [-0.05, 0) is 50.3 Å². The third-order valence-electron chi connectivity index (χ3n) is 3.20. The second kappa shape index (κ2) is 5.46. The largest absolute Gasteiger partial charge is 0.508 e. The van der Waals surface area contributed by atoms with Crippen LogP contribution in [0, 0.1) is 0 Å². The SMILES string of the molecule is COc1ccc(O)c(CC2=C(Cl)CCCC2)c1. The van der Waals surface area contributed by atoms with Crippen LogP contribution in [0.5, 0.6) is 11.5 Å². The topological polar surface area (TPSA) is 29.5 Å². The normalized spacial score (nSPS) is 16.1. The lowest BCUT2D eigenvalue weighted by atomic mass is 9.93. The van der Waals surface area contributed by atoms with E-state index in [0.717, 1.165) is 35.6 Å². The van der Waals surface area contributed by atoms with Crippen molar-refractivity contribution in [1.82, 2.24) is 0 Å². The maximum atomic E-state index is 9.83. The molecule has 1 aromatic carbocycles. The van der Waals surface area contributed by atoms with Crippen molar-refractivity contribution in [2.45, 2.75) is 32.1 Å². The molecule has 0 saturated heterocycles. The van der Waals surface area contributed by atoms with Crippen LogP contribution < -0.4 is 4.74 Å². The van der Waals surface area contributed by atoms with Crippen molar-refractivity contribution in [3.8, 4) is 11.5 Å². The highest BCUT2D eigenvalue weighted by Gasteiger charge is 2.13. The molecular weight excluding hydrogens is 236 g/mol. The Morgan fingerprint density at radius 3 is 2.76 bits per heavy atom. The maximum absolute atomic E-state index is 9.83. The van der Waals surface area contributed by atoms with Crippen molar-refractivity contribution in [3.63, 3.8) is 0 Å². The van der Waals surface area contributed by atoms with E-state index < -0.39 is 0 Å². The summed E-state index contributed by atoms with van der Waals surface area (Å²) in [4.78, 5) is 0. The number of halogens is 1.